The van der Waals surface area contributed by atoms with Crippen molar-refractivity contribution in [1.29, 1.82) is 5.41 Å². The standard InChI is InChI=1S/C6H6N2O/c7-5-2-1-3-6(4-5)8-9/h1,3-4,7H,2H2. The third-order valence-electron chi connectivity index (χ3n) is 1.05. The Bertz CT molecular complexity index is 203. The summed E-state index contributed by atoms with van der Waals surface area (Å²) in [5.41, 5.74) is 0.776. The van der Waals surface area contributed by atoms with Gasteiger partial charge in [0, 0.05) is 12.1 Å². The molecule has 1 rings (SSSR count). The molecule has 0 bridgehead atoms. The van der Waals surface area contributed by atoms with E-state index in [-0.39, 0.29) is 0 Å². The molecule has 3 heteroatoms. The molecule has 1 aliphatic rings. The number of nitrogens with one attached hydrogen (secondary N) is 1. The molecule has 0 heterocycles. The predicted octanol–water partition coefficient (Wildman–Crippen LogP) is 1.62. The highest BCUT2D eigenvalue weighted by molar-refractivity contribution is 5.95. The van der Waals surface area contributed by atoms with Crippen LogP contribution in [0.3, 0.4) is 0 Å². The number of nitrogens with zero attached hydrogens (tertiary/aromatic N) is 1. The normalized spacial score (nSPS) is 17.3. The quantitative estimate of drug-likeness (QED) is 0.528. The molecule has 1 N–H and O–H groups in total. The van der Waals surface area contributed by atoms with E-state index in [0.717, 1.165) is 0 Å². The number of nitroso groups, excluding NO2 is 1. The van der Waals surface area contributed by atoms with Gasteiger partial charge in [0.05, 0.1) is 0 Å². The molecule has 0 aromatic rings. The summed E-state index contributed by atoms with van der Waals surface area (Å²) >= 11 is 0. The number of hydrogen-bond donors (Lipinski definition) is 1. The van der Waals surface area contributed by atoms with Crippen LogP contribution in [0.25, 0.3) is 0 Å². The van der Waals surface area contributed by atoms with E-state index in [1.54, 1.807) is 12.2 Å². The maximum absolute atomic E-state index is 9.84. The summed E-state index contributed by atoms with van der Waals surface area (Å²) in [4.78, 5) is 9.84. The van der Waals surface area contributed by atoms with Crippen molar-refractivity contribution in [3.05, 3.63) is 28.8 Å². The molecule has 0 fully saturated rings. The molecule has 0 aromatic carbocycles. The molecular formula is C6H6N2O. The topological polar surface area (TPSA) is 53.3 Å². The Labute approximate surface area is 52.6 Å². The molecule has 0 amide bonds. The van der Waals surface area contributed by atoms with Gasteiger partial charge in [0.25, 0.3) is 0 Å². The van der Waals surface area contributed by atoms with E-state index in [2.05, 4.69) is 5.18 Å². The van der Waals surface area contributed by atoms with Gasteiger partial charge in [-0.3, -0.25) is 0 Å². The first-order valence-electron chi connectivity index (χ1n) is 2.62. The largest absolute Gasteiger partial charge is 0.305 e. The zero-order valence-corrected chi connectivity index (χ0v) is 4.79. The Morgan fingerprint density at radius 1 is 1.67 bits per heavy atom. The van der Waals surface area contributed by atoms with Crippen LogP contribution in [0.4, 0.5) is 0 Å². The molecular weight excluding hydrogens is 116 g/mol. The minimum absolute atomic E-state index is 0.339. The average Bonchev–Trinajstić information content (AvgIpc) is 1.88. The molecule has 0 atom stereocenters. The van der Waals surface area contributed by atoms with Crippen LogP contribution in [0.1, 0.15) is 6.42 Å². The van der Waals surface area contributed by atoms with Crippen molar-refractivity contribution in [2.45, 2.75) is 6.42 Å². The summed E-state index contributed by atoms with van der Waals surface area (Å²) in [5, 5.41) is 9.78. The average molecular weight is 122 g/mol. The van der Waals surface area contributed by atoms with E-state index in [1.807, 2.05) is 0 Å². The minimum atomic E-state index is 0.339. The Kier molecular flexibility index (Phi) is 1.53. The van der Waals surface area contributed by atoms with Gasteiger partial charge in [-0.15, -0.1) is 4.91 Å². The molecule has 9 heavy (non-hydrogen) atoms. The molecule has 0 spiro atoms. The fraction of sp³-hybridized carbons (Fsp3) is 0.167. The predicted molar refractivity (Wildman–Crippen MR) is 35.4 cm³/mol. The molecule has 3 nitrogen and oxygen atoms in total. The number of allylic oxidation sites excluding steroid dienone is 3. The van der Waals surface area contributed by atoms with Gasteiger partial charge in [0.15, 0.2) is 0 Å². The molecule has 0 aromatic heterocycles. The van der Waals surface area contributed by atoms with Crippen molar-refractivity contribution in [1.82, 2.24) is 0 Å². The van der Waals surface area contributed by atoms with Gasteiger partial charge < -0.3 is 5.41 Å². The Hall–Kier alpha value is -1.25. The van der Waals surface area contributed by atoms with E-state index < -0.39 is 0 Å². The van der Waals surface area contributed by atoms with Crippen LogP contribution < -0.4 is 0 Å². The molecule has 0 radical (unpaired) electrons. The zero-order valence-electron chi connectivity index (χ0n) is 4.79. The van der Waals surface area contributed by atoms with Crippen molar-refractivity contribution >= 4 is 5.71 Å². The summed E-state index contributed by atoms with van der Waals surface area (Å²) < 4.78 is 0. The summed E-state index contributed by atoms with van der Waals surface area (Å²) in [6.45, 7) is 0. The van der Waals surface area contributed by atoms with Gasteiger partial charge in [-0.25, -0.2) is 0 Å². The Morgan fingerprint density at radius 3 is 2.89 bits per heavy atom. The molecule has 0 saturated carbocycles. The number of rotatable bonds is 1. The zero-order chi connectivity index (χ0) is 6.69. The first kappa shape index (κ1) is 5.88. The van der Waals surface area contributed by atoms with E-state index in [0.29, 0.717) is 17.8 Å². The lowest BCUT2D eigenvalue weighted by molar-refractivity contribution is 1.29. The van der Waals surface area contributed by atoms with Gasteiger partial charge in [0.2, 0.25) is 0 Å². The minimum Gasteiger partial charge on any atom is -0.305 e. The maximum Gasteiger partial charge on any atom is 0.109 e. The molecule has 0 unspecified atom stereocenters. The third kappa shape index (κ3) is 1.32. The number of hydrogen-bond acceptors (Lipinski definition) is 3. The maximum atomic E-state index is 9.84. The first-order chi connectivity index (χ1) is 4.33. The third-order valence-corrected chi connectivity index (χ3v) is 1.05. The summed E-state index contributed by atoms with van der Waals surface area (Å²) in [7, 11) is 0. The van der Waals surface area contributed by atoms with Crippen LogP contribution in [-0.4, -0.2) is 5.71 Å². The smallest absolute Gasteiger partial charge is 0.109 e. The van der Waals surface area contributed by atoms with E-state index in [9.17, 15) is 4.91 Å². The lowest BCUT2D eigenvalue weighted by atomic mass is 10.1. The second-order valence-electron chi connectivity index (χ2n) is 1.79. The Balaban J connectivity index is 2.82. The van der Waals surface area contributed by atoms with Gasteiger partial charge in [0.1, 0.15) is 5.70 Å². The lowest BCUT2D eigenvalue weighted by Crippen LogP contribution is -1.93. The molecule has 0 aliphatic heterocycles. The lowest BCUT2D eigenvalue weighted by Gasteiger charge is -1.97. The van der Waals surface area contributed by atoms with Crippen molar-refractivity contribution in [3.8, 4) is 0 Å². The second-order valence-corrected chi connectivity index (χ2v) is 1.79. The summed E-state index contributed by atoms with van der Waals surface area (Å²) in [6.07, 6.45) is 5.44. The van der Waals surface area contributed by atoms with Crippen molar-refractivity contribution in [2.75, 3.05) is 0 Å². The van der Waals surface area contributed by atoms with Gasteiger partial charge in [-0.05, 0) is 17.3 Å². The van der Waals surface area contributed by atoms with Crippen LogP contribution in [0, 0.1) is 10.3 Å². The second kappa shape index (κ2) is 2.35. The highest BCUT2D eigenvalue weighted by atomic mass is 16.3. The van der Waals surface area contributed by atoms with Gasteiger partial charge in [-0.1, -0.05) is 6.08 Å². The SMILES string of the molecule is N=C1C=C(N=O)C=CC1. The van der Waals surface area contributed by atoms with Crippen LogP contribution >= 0.6 is 0 Å². The molecule has 46 valence electrons. The van der Waals surface area contributed by atoms with E-state index >= 15 is 0 Å². The summed E-state index contributed by atoms with van der Waals surface area (Å²) in [5.74, 6) is 0. The van der Waals surface area contributed by atoms with Crippen LogP contribution in [0.15, 0.2) is 29.1 Å². The first-order valence-corrected chi connectivity index (χ1v) is 2.62. The van der Waals surface area contributed by atoms with Crippen LogP contribution in [-0.2, 0) is 0 Å². The molecule has 0 saturated heterocycles. The fourth-order valence-electron chi connectivity index (χ4n) is 0.649. The fourth-order valence-corrected chi connectivity index (χ4v) is 0.649. The van der Waals surface area contributed by atoms with Gasteiger partial charge in [-0.2, -0.15) is 0 Å². The van der Waals surface area contributed by atoms with Crippen molar-refractivity contribution < 1.29 is 0 Å². The van der Waals surface area contributed by atoms with Crippen molar-refractivity contribution in [3.63, 3.8) is 0 Å². The van der Waals surface area contributed by atoms with Gasteiger partial charge >= 0.3 is 0 Å². The van der Waals surface area contributed by atoms with Crippen LogP contribution in [0.5, 0.6) is 0 Å². The monoisotopic (exact) mass is 122 g/mol. The van der Waals surface area contributed by atoms with Crippen LogP contribution in [0.2, 0.25) is 0 Å². The van der Waals surface area contributed by atoms with E-state index in [1.165, 1.54) is 6.08 Å². The Morgan fingerprint density at radius 2 is 2.44 bits per heavy atom. The van der Waals surface area contributed by atoms with Crippen molar-refractivity contribution in [2.24, 2.45) is 5.18 Å². The highest BCUT2D eigenvalue weighted by Gasteiger charge is 1.98. The highest BCUT2D eigenvalue weighted by Crippen LogP contribution is 2.06. The van der Waals surface area contributed by atoms with E-state index in [4.69, 9.17) is 5.41 Å². The molecule has 1 aliphatic carbocycles. The summed E-state index contributed by atoms with van der Waals surface area (Å²) in [6, 6.07) is 0.